The average Bonchev–Trinajstić information content (AvgIpc) is 3.06. The number of hydrogen-bond donors (Lipinski definition) is 4. The Hall–Kier alpha value is -2.00. The van der Waals surface area contributed by atoms with E-state index in [4.69, 9.17) is 9.15 Å². The first-order valence-corrected chi connectivity index (χ1v) is 12.2. The molecule has 8 heteroatoms. The Bertz CT molecular complexity index is 1070. The minimum Gasteiger partial charge on any atom is -0.458 e. The van der Waals surface area contributed by atoms with Crippen LogP contribution in [0.25, 0.3) is 0 Å². The molecular weight excluding hydrogens is 440 g/mol. The quantitative estimate of drug-likeness (QED) is 0.376. The summed E-state index contributed by atoms with van der Waals surface area (Å²) in [7, 11) is 0. The second-order valence-corrected chi connectivity index (χ2v) is 11.3. The molecule has 1 aromatic rings. The third-order valence-electron chi connectivity index (χ3n) is 9.89. The summed E-state index contributed by atoms with van der Waals surface area (Å²) in [6.07, 6.45) is 2.70. The van der Waals surface area contributed by atoms with E-state index in [-0.39, 0.29) is 25.2 Å². The molecule has 0 aliphatic heterocycles. The lowest BCUT2D eigenvalue weighted by Gasteiger charge is -2.67. The van der Waals surface area contributed by atoms with Crippen LogP contribution in [0.1, 0.15) is 70.8 Å². The molecule has 0 bridgehead atoms. The Kier molecular flexibility index (Phi) is 5.23. The van der Waals surface area contributed by atoms with Crippen LogP contribution in [-0.2, 0) is 9.53 Å². The Balaban J connectivity index is 1.64. The maximum atomic E-state index is 12.5. The molecule has 0 amide bonds. The predicted octanol–water partition coefficient (Wildman–Crippen LogP) is 1.79. The topological polar surface area (TPSA) is 137 Å². The highest BCUT2D eigenvalue weighted by Gasteiger charge is 2.77. The van der Waals surface area contributed by atoms with E-state index in [1.165, 1.54) is 19.3 Å². The van der Waals surface area contributed by atoms with Crippen LogP contribution in [0, 0.1) is 16.7 Å². The van der Waals surface area contributed by atoms with Crippen molar-refractivity contribution in [2.24, 2.45) is 16.7 Å². The first-order chi connectivity index (χ1) is 15.9. The van der Waals surface area contributed by atoms with Gasteiger partial charge in [0.05, 0.1) is 18.5 Å². The van der Waals surface area contributed by atoms with Gasteiger partial charge in [0.1, 0.15) is 17.3 Å². The highest BCUT2D eigenvalue weighted by Crippen LogP contribution is 2.71. The molecule has 4 aliphatic carbocycles. The summed E-state index contributed by atoms with van der Waals surface area (Å²) >= 11 is 0. The van der Waals surface area contributed by atoms with Crippen LogP contribution in [-0.4, -0.2) is 55.9 Å². The molecule has 186 valence electrons. The fraction of sp³-hybridized carbons (Fsp3) is 0.692. The normalized spacial score (nSPS) is 47.7. The summed E-state index contributed by atoms with van der Waals surface area (Å²) in [6, 6.07) is 2.98. The van der Waals surface area contributed by atoms with Crippen molar-refractivity contribution >= 4 is 5.97 Å². The highest BCUT2D eigenvalue weighted by atomic mass is 16.5. The van der Waals surface area contributed by atoms with Crippen molar-refractivity contribution in [1.82, 2.24) is 0 Å². The van der Waals surface area contributed by atoms with E-state index in [2.05, 4.69) is 0 Å². The van der Waals surface area contributed by atoms with E-state index in [0.29, 0.717) is 24.8 Å². The van der Waals surface area contributed by atoms with Crippen LogP contribution in [0.15, 0.2) is 39.3 Å². The lowest BCUT2D eigenvalue weighted by Crippen LogP contribution is -2.76. The highest BCUT2D eigenvalue weighted by molar-refractivity contribution is 5.66. The number of hydrogen-bond acceptors (Lipinski definition) is 8. The smallest absolute Gasteiger partial charge is 0.335 e. The van der Waals surface area contributed by atoms with Crippen molar-refractivity contribution in [3.63, 3.8) is 0 Å². The summed E-state index contributed by atoms with van der Waals surface area (Å²) < 4.78 is 10.7. The van der Waals surface area contributed by atoms with Gasteiger partial charge >= 0.3 is 11.6 Å². The standard InChI is InChI=1S/C26H34O8/c1-14(27)34-19-12-25(31)20(23(2)8-6-16(28)10-18(19)23)11-21(29)24(3)17(7-9-26(24,25)32)15-4-5-22(30)33-13-15/h4-5,10,13,16-17,19-21,28-29,31-32H,6-9,11-12H2,1-3H3/t16-,17+,19+,20+,21+,23-,24-,25-,26+/m0/s1. The molecule has 0 aromatic carbocycles. The number of ether oxygens (including phenoxy) is 1. The number of esters is 1. The zero-order valence-corrected chi connectivity index (χ0v) is 19.9. The summed E-state index contributed by atoms with van der Waals surface area (Å²) in [5.74, 6) is -1.33. The Morgan fingerprint density at radius 2 is 1.88 bits per heavy atom. The number of aliphatic hydroxyl groups is 4. The molecule has 3 saturated carbocycles. The molecule has 0 spiro atoms. The van der Waals surface area contributed by atoms with Crippen LogP contribution in [0.4, 0.5) is 0 Å². The average molecular weight is 475 g/mol. The van der Waals surface area contributed by atoms with Crippen LogP contribution in [0.2, 0.25) is 0 Å². The first-order valence-electron chi connectivity index (χ1n) is 12.2. The van der Waals surface area contributed by atoms with Gasteiger partial charge < -0.3 is 29.6 Å². The molecule has 0 unspecified atom stereocenters. The van der Waals surface area contributed by atoms with Crippen molar-refractivity contribution in [3.8, 4) is 0 Å². The van der Waals surface area contributed by atoms with Gasteiger partial charge in [-0.2, -0.15) is 0 Å². The van der Waals surface area contributed by atoms with Crippen LogP contribution in [0.5, 0.6) is 0 Å². The van der Waals surface area contributed by atoms with Crippen molar-refractivity contribution in [1.29, 1.82) is 0 Å². The molecule has 1 aromatic heterocycles. The van der Waals surface area contributed by atoms with Gasteiger partial charge in [-0.15, -0.1) is 0 Å². The van der Waals surface area contributed by atoms with Crippen molar-refractivity contribution in [2.75, 3.05) is 0 Å². The van der Waals surface area contributed by atoms with Crippen LogP contribution < -0.4 is 5.63 Å². The molecule has 0 saturated heterocycles. The minimum absolute atomic E-state index is 0.0131. The third kappa shape index (κ3) is 2.92. The number of aliphatic hydroxyl groups excluding tert-OH is 2. The van der Waals surface area contributed by atoms with Gasteiger partial charge in [0.2, 0.25) is 0 Å². The van der Waals surface area contributed by atoms with Crippen molar-refractivity contribution in [2.45, 2.75) is 94.7 Å². The van der Waals surface area contributed by atoms with Gasteiger partial charge in [-0.25, -0.2) is 4.79 Å². The van der Waals surface area contributed by atoms with E-state index in [9.17, 15) is 30.0 Å². The number of carbonyl (C=O) groups excluding carboxylic acids is 1. The molecule has 9 atom stereocenters. The van der Waals surface area contributed by atoms with Crippen molar-refractivity contribution < 1.29 is 34.4 Å². The summed E-state index contributed by atoms with van der Waals surface area (Å²) in [4.78, 5) is 23.5. The summed E-state index contributed by atoms with van der Waals surface area (Å²) in [5, 5.41) is 46.8. The second kappa shape index (κ2) is 7.50. The van der Waals surface area contributed by atoms with Crippen molar-refractivity contribution in [3.05, 3.63) is 46.0 Å². The van der Waals surface area contributed by atoms with Crippen LogP contribution >= 0.6 is 0 Å². The van der Waals surface area contributed by atoms with Gasteiger partial charge in [0.25, 0.3) is 0 Å². The maximum absolute atomic E-state index is 12.5. The van der Waals surface area contributed by atoms with Gasteiger partial charge in [0, 0.05) is 30.7 Å². The van der Waals surface area contributed by atoms with E-state index in [1.807, 2.05) is 6.92 Å². The second-order valence-electron chi connectivity index (χ2n) is 11.3. The SMILES string of the molecule is CC(=O)O[C@@H]1C[C@]2(O)[C@H](C[C@@H](O)[C@]3(C)[C@@H](c4ccc(=O)oc4)CC[C@@]32O)[C@@]2(C)CC[C@H](O)C=C12. The molecular formula is C26H34O8. The van der Waals surface area contributed by atoms with E-state index >= 15 is 0 Å². The Labute approximate surface area is 198 Å². The van der Waals surface area contributed by atoms with Crippen LogP contribution in [0.3, 0.4) is 0 Å². The number of fused-ring (bicyclic) bond motifs is 5. The molecule has 4 N–H and O–H groups in total. The summed E-state index contributed by atoms with van der Waals surface area (Å²) in [6.45, 7) is 5.09. The molecule has 8 nitrogen and oxygen atoms in total. The molecule has 4 aliphatic rings. The zero-order valence-electron chi connectivity index (χ0n) is 19.9. The molecule has 1 heterocycles. The molecule has 5 rings (SSSR count). The fourth-order valence-corrected chi connectivity index (χ4v) is 8.15. The lowest BCUT2D eigenvalue weighted by molar-refractivity contribution is -0.308. The van der Waals surface area contributed by atoms with E-state index in [1.54, 1.807) is 19.1 Å². The predicted molar refractivity (Wildman–Crippen MR) is 121 cm³/mol. The molecule has 3 fully saturated rings. The number of rotatable bonds is 2. The fourth-order valence-electron chi connectivity index (χ4n) is 8.15. The zero-order chi connectivity index (χ0) is 24.7. The monoisotopic (exact) mass is 474 g/mol. The third-order valence-corrected chi connectivity index (χ3v) is 9.89. The largest absolute Gasteiger partial charge is 0.458 e. The molecule has 0 radical (unpaired) electrons. The Morgan fingerprint density at radius 3 is 2.53 bits per heavy atom. The molecule has 34 heavy (non-hydrogen) atoms. The minimum atomic E-state index is -1.67. The summed E-state index contributed by atoms with van der Waals surface area (Å²) in [5.41, 5.74) is -4.12. The lowest BCUT2D eigenvalue weighted by atomic mass is 9.41. The van der Waals surface area contributed by atoms with Gasteiger partial charge in [-0.05, 0) is 60.6 Å². The van der Waals surface area contributed by atoms with Gasteiger partial charge in [0.15, 0.2) is 0 Å². The van der Waals surface area contributed by atoms with Gasteiger partial charge in [-0.3, -0.25) is 4.79 Å². The Morgan fingerprint density at radius 1 is 1.15 bits per heavy atom. The first kappa shape index (κ1) is 23.7. The maximum Gasteiger partial charge on any atom is 0.335 e. The van der Waals surface area contributed by atoms with Gasteiger partial charge in [-0.1, -0.05) is 19.9 Å². The van der Waals surface area contributed by atoms with E-state index < -0.39 is 57.9 Å². The number of carbonyl (C=O) groups is 1. The van der Waals surface area contributed by atoms with E-state index in [0.717, 1.165) is 5.57 Å².